The van der Waals surface area contributed by atoms with Crippen LogP contribution in [-0.2, 0) is 23.1 Å². The molecule has 0 saturated heterocycles. The van der Waals surface area contributed by atoms with Crippen LogP contribution in [0.4, 0.5) is 0 Å². The van der Waals surface area contributed by atoms with Gasteiger partial charge in [0.1, 0.15) is 4.90 Å². The van der Waals surface area contributed by atoms with E-state index in [4.69, 9.17) is 0 Å². The van der Waals surface area contributed by atoms with Gasteiger partial charge in [-0.05, 0) is 18.2 Å². The summed E-state index contributed by atoms with van der Waals surface area (Å²) in [6, 6.07) is 10.4. The Morgan fingerprint density at radius 1 is 1.15 bits per heavy atom. The van der Waals surface area contributed by atoms with Gasteiger partial charge in [-0.3, -0.25) is 14.5 Å². The van der Waals surface area contributed by atoms with Crippen molar-refractivity contribution in [3.05, 3.63) is 54.0 Å². The summed E-state index contributed by atoms with van der Waals surface area (Å²) in [7, 11) is -0.409. The lowest BCUT2D eigenvalue weighted by atomic mass is 10.2. The van der Waals surface area contributed by atoms with Crippen LogP contribution >= 0.6 is 0 Å². The topological polar surface area (TPSA) is 88.4 Å². The molecule has 1 aliphatic heterocycles. The number of hydrogen-bond donors (Lipinski definition) is 0. The number of carbonyl (C=O) groups excluding carboxylic acids is 1. The van der Waals surface area contributed by atoms with E-state index in [0.717, 1.165) is 5.39 Å². The van der Waals surface area contributed by atoms with Crippen LogP contribution in [0.3, 0.4) is 0 Å². The van der Waals surface area contributed by atoms with Gasteiger partial charge in [-0.25, -0.2) is 8.42 Å². The van der Waals surface area contributed by atoms with E-state index in [-0.39, 0.29) is 23.9 Å². The van der Waals surface area contributed by atoms with Crippen molar-refractivity contribution in [2.45, 2.75) is 18.0 Å². The molecule has 0 saturated carbocycles. The van der Waals surface area contributed by atoms with Crippen molar-refractivity contribution in [1.82, 2.24) is 24.0 Å². The molecule has 1 amide bonds. The zero-order valence-electron chi connectivity index (χ0n) is 15.0. The number of sulfonamides is 1. The second-order valence-electron chi connectivity index (χ2n) is 6.61. The number of nitrogens with zero attached hydrogens (tertiary/aromatic N) is 5. The molecule has 27 heavy (non-hydrogen) atoms. The molecule has 9 heteroatoms. The third-order valence-corrected chi connectivity index (χ3v) is 6.48. The number of hydrogen-bond acceptors (Lipinski definition) is 5. The number of carbonyl (C=O) groups is 1. The molecule has 0 radical (unpaired) electrons. The molecular formula is C18H19N5O3S. The fourth-order valence-electron chi connectivity index (χ4n) is 3.20. The SMILES string of the molecule is CN(C)C(=O)c1cc2n(n1)CCN(S(=O)(=O)c1cccc3cccnc13)C2. The maximum absolute atomic E-state index is 13.2. The van der Waals surface area contributed by atoms with Crippen molar-refractivity contribution in [2.75, 3.05) is 20.6 Å². The third kappa shape index (κ3) is 2.98. The first-order chi connectivity index (χ1) is 12.9. The second-order valence-corrected chi connectivity index (χ2v) is 8.52. The van der Waals surface area contributed by atoms with Gasteiger partial charge in [0, 0.05) is 32.2 Å². The first-order valence-electron chi connectivity index (χ1n) is 8.50. The Kier molecular flexibility index (Phi) is 4.20. The number of benzene rings is 1. The molecule has 0 atom stereocenters. The molecule has 0 unspecified atom stereocenters. The van der Waals surface area contributed by atoms with Gasteiger partial charge in [0.15, 0.2) is 5.69 Å². The van der Waals surface area contributed by atoms with E-state index in [1.54, 1.807) is 49.2 Å². The van der Waals surface area contributed by atoms with Gasteiger partial charge in [-0.15, -0.1) is 0 Å². The summed E-state index contributed by atoms with van der Waals surface area (Å²) >= 11 is 0. The van der Waals surface area contributed by atoms with Gasteiger partial charge >= 0.3 is 0 Å². The fraction of sp³-hybridized carbons (Fsp3) is 0.278. The maximum Gasteiger partial charge on any atom is 0.273 e. The van der Waals surface area contributed by atoms with Crippen LogP contribution in [0.1, 0.15) is 16.2 Å². The largest absolute Gasteiger partial charge is 0.343 e. The monoisotopic (exact) mass is 385 g/mol. The van der Waals surface area contributed by atoms with Gasteiger partial charge in [-0.1, -0.05) is 18.2 Å². The molecule has 140 valence electrons. The summed E-state index contributed by atoms with van der Waals surface area (Å²) < 4.78 is 29.6. The number of pyridine rings is 1. The standard InChI is InChI=1S/C18H19N5O3S/c1-21(2)18(24)15-11-14-12-22(9-10-23(14)20-15)27(25,26)16-7-3-5-13-6-4-8-19-17(13)16/h3-8,11H,9-10,12H2,1-2H3. The molecule has 0 N–H and O–H groups in total. The van der Waals surface area contributed by atoms with E-state index in [1.807, 2.05) is 12.1 Å². The third-order valence-electron chi connectivity index (χ3n) is 4.60. The van der Waals surface area contributed by atoms with E-state index in [1.165, 1.54) is 9.21 Å². The van der Waals surface area contributed by atoms with E-state index < -0.39 is 10.0 Å². The molecule has 2 aromatic heterocycles. The molecule has 0 bridgehead atoms. The molecule has 1 aliphatic rings. The molecule has 0 fully saturated rings. The van der Waals surface area contributed by atoms with Crippen molar-refractivity contribution < 1.29 is 13.2 Å². The zero-order chi connectivity index (χ0) is 19.2. The Morgan fingerprint density at radius 2 is 1.93 bits per heavy atom. The minimum absolute atomic E-state index is 0.166. The lowest BCUT2D eigenvalue weighted by molar-refractivity contribution is 0.0821. The van der Waals surface area contributed by atoms with Gasteiger partial charge in [0.05, 0.1) is 24.3 Å². The Hall–Kier alpha value is -2.78. The highest BCUT2D eigenvalue weighted by Crippen LogP contribution is 2.27. The van der Waals surface area contributed by atoms with Crippen molar-refractivity contribution in [3.8, 4) is 0 Å². The molecule has 1 aromatic carbocycles. The Labute approximate surface area is 157 Å². The van der Waals surface area contributed by atoms with E-state index in [2.05, 4.69) is 10.1 Å². The van der Waals surface area contributed by atoms with Crippen LogP contribution in [0.15, 0.2) is 47.5 Å². The number of rotatable bonds is 3. The van der Waals surface area contributed by atoms with Crippen LogP contribution in [0, 0.1) is 0 Å². The Morgan fingerprint density at radius 3 is 2.70 bits per heavy atom. The van der Waals surface area contributed by atoms with Crippen LogP contribution in [0.25, 0.3) is 10.9 Å². The quantitative estimate of drug-likeness (QED) is 0.679. The van der Waals surface area contributed by atoms with Crippen LogP contribution < -0.4 is 0 Å². The predicted molar refractivity (Wildman–Crippen MR) is 99.6 cm³/mol. The lowest BCUT2D eigenvalue weighted by Gasteiger charge is -2.27. The summed E-state index contributed by atoms with van der Waals surface area (Å²) in [5.41, 5.74) is 1.48. The average molecular weight is 385 g/mol. The first-order valence-corrected chi connectivity index (χ1v) is 9.94. The Bertz CT molecular complexity index is 1130. The maximum atomic E-state index is 13.2. The highest BCUT2D eigenvalue weighted by atomic mass is 32.2. The minimum Gasteiger partial charge on any atom is -0.343 e. The lowest BCUT2D eigenvalue weighted by Crippen LogP contribution is -2.38. The average Bonchev–Trinajstić information content (AvgIpc) is 3.10. The fourth-order valence-corrected chi connectivity index (χ4v) is 4.77. The number of para-hydroxylation sites is 1. The minimum atomic E-state index is -3.72. The van der Waals surface area contributed by atoms with Gasteiger partial charge < -0.3 is 4.90 Å². The van der Waals surface area contributed by atoms with Crippen molar-refractivity contribution in [1.29, 1.82) is 0 Å². The zero-order valence-corrected chi connectivity index (χ0v) is 15.8. The van der Waals surface area contributed by atoms with E-state index in [9.17, 15) is 13.2 Å². The molecule has 0 spiro atoms. The summed E-state index contributed by atoms with van der Waals surface area (Å²) in [6.45, 7) is 0.850. The highest BCUT2D eigenvalue weighted by molar-refractivity contribution is 7.89. The predicted octanol–water partition coefficient (Wildman–Crippen LogP) is 1.34. The van der Waals surface area contributed by atoms with Crippen LogP contribution in [-0.4, -0.2) is 58.9 Å². The van der Waals surface area contributed by atoms with Crippen molar-refractivity contribution in [3.63, 3.8) is 0 Å². The molecular weight excluding hydrogens is 366 g/mol. The van der Waals surface area contributed by atoms with Crippen LogP contribution in [0.2, 0.25) is 0 Å². The van der Waals surface area contributed by atoms with Gasteiger partial charge in [0.2, 0.25) is 10.0 Å². The summed E-state index contributed by atoms with van der Waals surface area (Å²) in [6.07, 6.45) is 1.59. The molecule has 8 nitrogen and oxygen atoms in total. The molecule has 0 aliphatic carbocycles. The second kappa shape index (κ2) is 6.43. The van der Waals surface area contributed by atoms with E-state index >= 15 is 0 Å². The number of aromatic nitrogens is 3. The Balaban J connectivity index is 1.69. The van der Waals surface area contributed by atoms with E-state index in [0.29, 0.717) is 23.4 Å². The summed E-state index contributed by atoms with van der Waals surface area (Å²) in [5.74, 6) is -0.204. The highest BCUT2D eigenvalue weighted by Gasteiger charge is 2.31. The number of amides is 1. The smallest absolute Gasteiger partial charge is 0.273 e. The van der Waals surface area contributed by atoms with Crippen LogP contribution in [0.5, 0.6) is 0 Å². The van der Waals surface area contributed by atoms with Crippen molar-refractivity contribution in [2.24, 2.45) is 0 Å². The van der Waals surface area contributed by atoms with Gasteiger partial charge in [0.25, 0.3) is 5.91 Å². The number of fused-ring (bicyclic) bond motifs is 2. The molecule has 3 aromatic rings. The summed E-state index contributed by atoms with van der Waals surface area (Å²) in [5, 5.41) is 5.08. The normalized spacial score (nSPS) is 14.9. The van der Waals surface area contributed by atoms with Crippen molar-refractivity contribution >= 4 is 26.8 Å². The summed E-state index contributed by atoms with van der Waals surface area (Å²) in [4.78, 5) is 18.0. The molecule has 3 heterocycles. The first kappa shape index (κ1) is 17.6. The van der Waals surface area contributed by atoms with Gasteiger partial charge in [-0.2, -0.15) is 9.40 Å². The molecule has 4 rings (SSSR count).